The lowest BCUT2D eigenvalue weighted by molar-refractivity contribution is -0.158. The van der Waals surface area contributed by atoms with E-state index >= 15 is 0 Å². The van der Waals surface area contributed by atoms with Crippen LogP contribution in [-0.2, 0) is 9.53 Å². The third kappa shape index (κ3) is 2.69. The van der Waals surface area contributed by atoms with Gasteiger partial charge in [-0.2, -0.15) is 0 Å². The quantitative estimate of drug-likeness (QED) is 0.599. The third-order valence-electron chi connectivity index (χ3n) is 2.34. The lowest BCUT2D eigenvalue weighted by atomic mass is 10.0. The highest BCUT2D eigenvalue weighted by Gasteiger charge is 2.38. The number of hydrogen-bond acceptors (Lipinski definition) is 4. The molecule has 82 valence electrons. The van der Waals surface area contributed by atoms with Crippen LogP contribution in [0.25, 0.3) is 0 Å². The summed E-state index contributed by atoms with van der Waals surface area (Å²) >= 11 is 0. The molecule has 1 aliphatic heterocycles. The van der Waals surface area contributed by atoms with E-state index in [2.05, 4.69) is 5.32 Å². The van der Waals surface area contributed by atoms with E-state index in [0.29, 0.717) is 6.54 Å². The molecule has 0 saturated carbocycles. The average Bonchev–Trinajstić information content (AvgIpc) is 2.29. The summed E-state index contributed by atoms with van der Waals surface area (Å²) in [5, 5.41) is 12.4. The molecule has 4 nitrogen and oxygen atoms in total. The van der Waals surface area contributed by atoms with E-state index in [-0.39, 0.29) is 17.9 Å². The second kappa shape index (κ2) is 3.87. The van der Waals surface area contributed by atoms with Crippen molar-refractivity contribution in [1.82, 2.24) is 5.32 Å². The molecule has 0 aliphatic carbocycles. The second-order valence-corrected chi connectivity index (χ2v) is 4.85. The Hall–Kier alpha value is -0.610. The minimum absolute atomic E-state index is 0.0788. The predicted octanol–water partition coefficient (Wildman–Crippen LogP) is 0.297. The monoisotopic (exact) mass is 201 g/mol. The van der Waals surface area contributed by atoms with Crippen molar-refractivity contribution in [3.05, 3.63) is 0 Å². The SMILES string of the molecule is C[C@H]1[C@@H](C(=O)OC(C)(C)C)NC[C@@H]1O. The van der Waals surface area contributed by atoms with Crippen LogP contribution in [0.4, 0.5) is 0 Å². The van der Waals surface area contributed by atoms with Gasteiger partial charge < -0.3 is 15.2 Å². The number of esters is 1. The van der Waals surface area contributed by atoms with Crippen molar-refractivity contribution in [2.75, 3.05) is 6.54 Å². The number of rotatable bonds is 1. The van der Waals surface area contributed by atoms with Gasteiger partial charge in [-0.3, -0.25) is 4.79 Å². The molecule has 0 aromatic rings. The molecule has 0 unspecified atom stereocenters. The molecule has 0 aromatic heterocycles. The van der Waals surface area contributed by atoms with Crippen LogP contribution >= 0.6 is 0 Å². The Morgan fingerprint density at radius 3 is 2.43 bits per heavy atom. The molecule has 0 radical (unpaired) electrons. The highest BCUT2D eigenvalue weighted by atomic mass is 16.6. The zero-order valence-corrected chi connectivity index (χ0v) is 9.20. The lowest BCUT2D eigenvalue weighted by Crippen LogP contribution is -2.40. The Labute approximate surface area is 84.6 Å². The highest BCUT2D eigenvalue weighted by molar-refractivity contribution is 5.77. The van der Waals surface area contributed by atoms with Gasteiger partial charge in [-0.15, -0.1) is 0 Å². The van der Waals surface area contributed by atoms with Gasteiger partial charge in [0, 0.05) is 12.5 Å². The first-order valence-electron chi connectivity index (χ1n) is 4.95. The van der Waals surface area contributed by atoms with E-state index in [1.54, 1.807) is 0 Å². The van der Waals surface area contributed by atoms with Crippen LogP contribution < -0.4 is 5.32 Å². The summed E-state index contributed by atoms with van der Waals surface area (Å²) in [6, 6.07) is -0.371. The van der Waals surface area contributed by atoms with Crippen LogP contribution in [0.5, 0.6) is 0 Å². The number of carbonyl (C=O) groups excluding carboxylic acids is 1. The zero-order chi connectivity index (χ0) is 10.9. The molecule has 0 amide bonds. The molecule has 14 heavy (non-hydrogen) atoms. The van der Waals surface area contributed by atoms with E-state index in [1.807, 2.05) is 27.7 Å². The van der Waals surface area contributed by atoms with Gasteiger partial charge >= 0.3 is 5.97 Å². The van der Waals surface area contributed by atoms with Gasteiger partial charge in [-0.05, 0) is 20.8 Å². The Balaban J connectivity index is 2.54. The summed E-state index contributed by atoms with van der Waals surface area (Å²) in [6.07, 6.45) is -0.451. The normalized spacial score (nSPS) is 33.1. The van der Waals surface area contributed by atoms with Gasteiger partial charge in [0.2, 0.25) is 0 Å². The number of aliphatic hydroxyl groups excluding tert-OH is 1. The van der Waals surface area contributed by atoms with E-state index in [1.165, 1.54) is 0 Å². The van der Waals surface area contributed by atoms with Crippen LogP contribution in [0.2, 0.25) is 0 Å². The summed E-state index contributed by atoms with van der Waals surface area (Å²) in [7, 11) is 0. The van der Waals surface area contributed by atoms with Gasteiger partial charge in [0.1, 0.15) is 11.6 Å². The molecule has 1 saturated heterocycles. The molecule has 4 heteroatoms. The lowest BCUT2D eigenvalue weighted by Gasteiger charge is -2.23. The summed E-state index contributed by atoms with van der Waals surface area (Å²) < 4.78 is 5.23. The third-order valence-corrected chi connectivity index (χ3v) is 2.34. The van der Waals surface area contributed by atoms with Crippen molar-refractivity contribution >= 4 is 5.97 Å². The minimum atomic E-state index is -0.466. The fourth-order valence-corrected chi connectivity index (χ4v) is 1.50. The minimum Gasteiger partial charge on any atom is -0.459 e. The molecular formula is C10H19NO3. The smallest absolute Gasteiger partial charge is 0.324 e. The highest BCUT2D eigenvalue weighted by Crippen LogP contribution is 2.19. The first-order valence-corrected chi connectivity index (χ1v) is 4.95. The average molecular weight is 201 g/mol. The van der Waals surface area contributed by atoms with Gasteiger partial charge in [0.05, 0.1) is 6.10 Å². The second-order valence-electron chi connectivity index (χ2n) is 4.85. The fourth-order valence-electron chi connectivity index (χ4n) is 1.50. The first kappa shape index (κ1) is 11.5. The Morgan fingerprint density at radius 1 is 1.50 bits per heavy atom. The maximum absolute atomic E-state index is 11.6. The maximum atomic E-state index is 11.6. The van der Waals surface area contributed by atoms with Gasteiger partial charge in [0.25, 0.3) is 0 Å². The number of nitrogens with one attached hydrogen (secondary N) is 1. The molecule has 0 spiro atoms. The van der Waals surface area contributed by atoms with Crippen LogP contribution in [0.15, 0.2) is 0 Å². The van der Waals surface area contributed by atoms with Crippen molar-refractivity contribution in [1.29, 1.82) is 0 Å². The molecule has 1 aliphatic rings. The largest absolute Gasteiger partial charge is 0.459 e. The van der Waals surface area contributed by atoms with E-state index in [4.69, 9.17) is 4.74 Å². The number of aliphatic hydroxyl groups is 1. The standard InChI is InChI=1S/C10H19NO3/c1-6-7(12)5-11-8(6)9(13)14-10(2,3)4/h6-8,11-12H,5H2,1-4H3/t6-,7+,8+/m1/s1. The molecule has 1 rings (SSSR count). The molecular weight excluding hydrogens is 182 g/mol. The summed E-state index contributed by atoms with van der Waals surface area (Å²) in [5.74, 6) is -0.355. The number of carbonyl (C=O) groups is 1. The molecule has 0 bridgehead atoms. The number of β-amino-alcohol motifs (C(OH)–C–C–N with tert-alkyl or cyclic N) is 1. The Bertz CT molecular complexity index is 222. The fraction of sp³-hybridized carbons (Fsp3) is 0.900. The van der Waals surface area contributed by atoms with Crippen LogP contribution in [0.3, 0.4) is 0 Å². The molecule has 3 atom stereocenters. The Kier molecular flexibility index (Phi) is 3.17. The van der Waals surface area contributed by atoms with E-state index in [9.17, 15) is 9.90 Å². The van der Waals surface area contributed by atoms with Gasteiger partial charge in [-0.1, -0.05) is 6.92 Å². The van der Waals surface area contributed by atoms with E-state index < -0.39 is 11.7 Å². The van der Waals surface area contributed by atoms with Crippen molar-refractivity contribution in [3.8, 4) is 0 Å². The van der Waals surface area contributed by atoms with Crippen LogP contribution in [-0.4, -0.2) is 35.4 Å². The summed E-state index contributed by atoms with van der Waals surface area (Å²) in [6.45, 7) is 7.81. The van der Waals surface area contributed by atoms with Crippen molar-refractivity contribution < 1.29 is 14.6 Å². The van der Waals surface area contributed by atoms with E-state index in [0.717, 1.165) is 0 Å². The van der Waals surface area contributed by atoms with Gasteiger partial charge in [-0.25, -0.2) is 0 Å². The number of hydrogen-bond donors (Lipinski definition) is 2. The van der Waals surface area contributed by atoms with Gasteiger partial charge in [0.15, 0.2) is 0 Å². The van der Waals surface area contributed by atoms with Crippen molar-refractivity contribution in [2.24, 2.45) is 5.92 Å². The van der Waals surface area contributed by atoms with Crippen molar-refractivity contribution in [2.45, 2.75) is 45.4 Å². The first-order chi connectivity index (χ1) is 6.31. The topological polar surface area (TPSA) is 58.6 Å². The van der Waals surface area contributed by atoms with Crippen LogP contribution in [0.1, 0.15) is 27.7 Å². The maximum Gasteiger partial charge on any atom is 0.324 e. The molecule has 0 aromatic carbocycles. The molecule has 1 fully saturated rings. The summed E-state index contributed by atoms with van der Waals surface area (Å²) in [4.78, 5) is 11.6. The summed E-state index contributed by atoms with van der Waals surface area (Å²) in [5.41, 5.74) is -0.466. The molecule has 1 heterocycles. The zero-order valence-electron chi connectivity index (χ0n) is 9.20. The van der Waals surface area contributed by atoms with Crippen LogP contribution in [0, 0.1) is 5.92 Å². The predicted molar refractivity (Wildman–Crippen MR) is 52.8 cm³/mol. The van der Waals surface area contributed by atoms with Crippen molar-refractivity contribution in [3.63, 3.8) is 0 Å². The number of ether oxygens (including phenoxy) is 1. The Morgan fingerprint density at radius 2 is 2.07 bits per heavy atom. The molecule has 2 N–H and O–H groups in total.